The third-order valence-electron chi connectivity index (χ3n) is 2.63. The van der Waals surface area contributed by atoms with Crippen LogP contribution in [-0.2, 0) is 6.54 Å². The summed E-state index contributed by atoms with van der Waals surface area (Å²) in [4.78, 5) is 11.4. The van der Waals surface area contributed by atoms with E-state index in [4.69, 9.17) is 0 Å². The number of nitrogens with zero attached hydrogens (tertiary/aromatic N) is 1. The van der Waals surface area contributed by atoms with Gasteiger partial charge in [-0.25, -0.2) is 0 Å². The summed E-state index contributed by atoms with van der Waals surface area (Å²) in [6, 6.07) is 5.27. The summed E-state index contributed by atoms with van der Waals surface area (Å²) in [5.74, 6) is 1.26. The van der Waals surface area contributed by atoms with Crippen LogP contribution in [0.5, 0.6) is 0 Å². The van der Waals surface area contributed by atoms with Crippen LogP contribution in [0, 0.1) is 0 Å². The molecule has 1 aromatic rings. The zero-order valence-electron chi connectivity index (χ0n) is 10.5. The first-order valence-corrected chi connectivity index (χ1v) is 7.59. The highest BCUT2D eigenvalue weighted by molar-refractivity contribution is 7.98. The zero-order valence-corrected chi connectivity index (χ0v) is 11.3. The molecule has 3 nitrogen and oxygen atoms in total. The van der Waals surface area contributed by atoms with E-state index in [1.807, 2.05) is 24.0 Å². The summed E-state index contributed by atoms with van der Waals surface area (Å²) in [6.07, 6.45) is 7.81. The SMILES string of the molecule is CSCCCCCNCCn1ccccc1=O. The van der Waals surface area contributed by atoms with Crippen LogP contribution in [0.25, 0.3) is 0 Å². The molecule has 0 aromatic carbocycles. The predicted octanol–water partition coefficient (Wildman–Crippen LogP) is 1.97. The van der Waals surface area contributed by atoms with E-state index in [9.17, 15) is 4.79 Å². The van der Waals surface area contributed by atoms with Crippen molar-refractivity contribution in [2.45, 2.75) is 25.8 Å². The lowest BCUT2D eigenvalue weighted by atomic mass is 10.2. The Labute approximate surface area is 108 Å². The van der Waals surface area contributed by atoms with Gasteiger partial charge in [-0.3, -0.25) is 4.79 Å². The normalized spacial score (nSPS) is 10.6. The number of nitrogens with one attached hydrogen (secondary N) is 1. The molecule has 1 heterocycles. The second kappa shape index (κ2) is 9.31. The Hall–Kier alpha value is -0.740. The van der Waals surface area contributed by atoms with Crippen LogP contribution in [0.3, 0.4) is 0 Å². The van der Waals surface area contributed by atoms with Gasteiger partial charge in [-0.2, -0.15) is 11.8 Å². The van der Waals surface area contributed by atoms with Crippen molar-refractivity contribution in [1.29, 1.82) is 0 Å². The zero-order chi connectivity index (χ0) is 12.3. The van der Waals surface area contributed by atoms with E-state index >= 15 is 0 Å². The van der Waals surface area contributed by atoms with Crippen LogP contribution in [0.4, 0.5) is 0 Å². The minimum atomic E-state index is 0.0780. The van der Waals surface area contributed by atoms with Crippen LogP contribution < -0.4 is 10.9 Å². The molecule has 1 aromatic heterocycles. The van der Waals surface area contributed by atoms with E-state index in [1.54, 1.807) is 16.7 Å². The van der Waals surface area contributed by atoms with Crippen molar-refractivity contribution in [2.75, 3.05) is 25.1 Å². The number of unbranched alkanes of at least 4 members (excludes halogenated alkanes) is 2. The topological polar surface area (TPSA) is 34.0 Å². The summed E-state index contributed by atoms with van der Waals surface area (Å²) in [6.45, 7) is 2.67. The molecule has 0 aliphatic carbocycles. The Morgan fingerprint density at radius 3 is 2.88 bits per heavy atom. The van der Waals surface area contributed by atoms with Crippen LogP contribution >= 0.6 is 11.8 Å². The van der Waals surface area contributed by atoms with Crippen molar-refractivity contribution in [3.05, 3.63) is 34.7 Å². The lowest BCUT2D eigenvalue weighted by Crippen LogP contribution is -2.26. The van der Waals surface area contributed by atoms with E-state index in [0.29, 0.717) is 0 Å². The van der Waals surface area contributed by atoms with Crippen LogP contribution in [0.15, 0.2) is 29.2 Å². The fourth-order valence-electron chi connectivity index (χ4n) is 1.64. The molecule has 0 radical (unpaired) electrons. The molecule has 1 N–H and O–H groups in total. The number of thioether (sulfide) groups is 1. The highest BCUT2D eigenvalue weighted by Gasteiger charge is 1.93. The molecule has 0 unspecified atom stereocenters. The lowest BCUT2D eigenvalue weighted by Gasteiger charge is -2.06. The van der Waals surface area contributed by atoms with E-state index in [-0.39, 0.29) is 5.56 Å². The molecule has 0 spiro atoms. The minimum Gasteiger partial charge on any atom is -0.315 e. The van der Waals surface area contributed by atoms with Crippen LogP contribution in [-0.4, -0.2) is 29.7 Å². The number of rotatable bonds is 9. The summed E-state index contributed by atoms with van der Waals surface area (Å²) in [5, 5.41) is 3.37. The molecule has 0 saturated carbocycles. The highest BCUT2D eigenvalue weighted by Crippen LogP contribution is 2.00. The van der Waals surface area contributed by atoms with Crippen molar-refractivity contribution in [3.8, 4) is 0 Å². The Bertz CT molecular complexity index is 351. The standard InChI is InChI=1S/C13H22N2OS/c1-17-12-6-2-4-8-14-9-11-15-10-5-3-7-13(15)16/h3,5,7,10,14H,2,4,6,8-9,11-12H2,1H3. The van der Waals surface area contributed by atoms with Crippen molar-refractivity contribution in [2.24, 2.45) is 0 Å². The second-order valence-corrected chi connectivity index (χ2v) is 5.02. The fraction of sp³-hybridized carbons (Fsp3) is 0.615. The van der Waals surface area contributed by atoms with Gasteiger partial charge in [0.05, 0.1) is 0 Å². The number of pyridine rings is 1. The van der Waals surface area contributed by atoms with Gasteiger partial charge in [0.1, 0.15) is 0 Å². The molecule has 0 amide bonds. The molecule has 17 heavy (non-hydrogen) atoms. The summed E-state index contributed by atoms with van der Waals surface area (Å²) in [7, 11) is 0. The molecule has 0 aliphatic rings. The molecule has 0 atom stereocenters. The van der Waals surface area contributed by atoms with E-state index < -0.39 is 0 Å². The van der Waals surface area contributed by atoms with Gasteiger partial charge in [0.25, 0.3) is 5.56 Å². The van der Waals surface area contributed by atoms with E-state index in [2.05, 4.69) is 11.6 Å². The molecule has 0 aliphatic heterocycles. The van der Waals surface area contributed by atoms with Crippen LogP contribution in [0.2, 0.25) is 0 Å². The van der Waals surface area contributed by atoms with Gasteiger partial charge in [0.2, 0.25) is 0 Å². The van der Waals surface area contributed by atoms with Crippen molar-refractivity contribution in [1.82, 2.24) is 9.88 Å². The Morgan fingerprint density at radius 2 is 2.12 bits per heavy atom. The minimum absolute atomic E-state index is 0.0780. The molecule has 96 valence electrons. The van der Waals surface area contributed by atoms with Crippen LogP contribution in [0.1, 0.15) is 19.3 Å². The van der Waals surface area contributed by atoms with E-state index in [0.717, 1.165) is 19.6 Å². The molecule has 4 heteroatoms. The van der Waals surface area contributed by atoms with Gasteiger partial charge in [-0.1, -0.05) is 12.5 Å². The highest BCUT2D eigenvalue weighted by atomic mass is 32.2. The van der Waals surface area contributed by atoms with Crippen molar-refractivity contribution in [3.63, 3.8) is 0 Å². The van der Waals surface area contributed by atoms with Crippen molar-refractivity contribution < 1.29 is 0 Å². The predicted molar refractivity (Wildman–Crippen MR) is 75.8 cm³/mol. The second-order valence-electron chi connectivity index (χ2n) is 4.04. The van der Waals surface area contributed by atoms with Crippen molar-refractivity contribution >= 4 is 11.8 Å². The summed E-state index contributed by atoms with van der Waals surface area (Å²) in [5.41, 5.74) is 0.0780. The first-order chi connectivity index (χ1) is 8.34. The first kappa shape index (κ1) is 14.3. The largest absolute Gasteiger partial charge is 0.315 e. The maximum Gasteiger partial charge on any atom is 0.250 e. The van der Waals surface area contributed by atoms with Gasteiger partial charge < -0.3 is 9.88 Å². The van der Waals surface area contributed by atoms with Gasteiger partial charge in [-0.15, -0.1) is 0 Å². The average molecular weight is 254 g/mol. The molecule has 0 saturated heterocycles. The van der Waals surface area contributed by atoms with Gasteiger partial charge >= 0.3 is 0 Å². The molecular formula is C13H22N2OS. The Morgan fingerprint density at radius 1 is 1.24 bits per heavy atom. The fourth-order valence-corrected chi connectivity index (χ4v) is 2.14. The van der Waals surface area contributed by atoms with E-state index in [1.165, 1.54) is 25.0 Å². The maximum absolute atomic E-state index is 11.4. The average Bonchev–Trinajstić information content (AvgIpc) is 2.35. The maximum atomic E-state index is 11.4. The molecule has 1 rings (SSSR count). The number of aromatic nitrogens is 1. The molecule has 0 fully saturated rings. The number of hydrogen-bond donors (Lipinski definition) is 1. The Balaban J connectivity index is 2.01. The first-order valence-electron chi connectivity index (χ1n) is 6.19. The molecule has 0 bridgehead atoms. The summed E-state index contributed by atoms with van der Waals surface area (Å²) < 4.78 is 1.74. The quantitative estimate of drug-likeness (QED) is 0.684. The summed E-state index contributed by atoms with van der Waals surface area (Å²) >= 11 is 1.91. The third kappa shape index (κ3) is 6.54. The molecular weight excluding hydrogens is 232 g/mol. The van der Waals surface area contributed by atoms with Gasteiger partial charge in [-0.05, 0) is 37.5 Å². The monoisotopic (exact) mass is 254 g/mol. The number of hydrogen-bond acceptors (Lipinski definition) is 3. The van der Waals surface area contributed by atoms with Gasteiger partial charge in [0, 0.05) is 25.4 Å². The third-order valence-corrected chi connectivity index (χ3v) is 3.33. The van der Waals surface area contributed by atoms with Gasteiger partial charge in [0.15, 0.2) is 0 Å². The smallest absolute Gasteiger partial charge is 0.250 e. The Kier molecular flexibility index (Phi) is 7.84. The lowest BCUT2D eigenvalue weighted by molar-refractivity contribution is 0.562.